The molecule has 0 aromatic carbocycles. The summed E-state index contributed by atoms with van der Waals surface area (Å²) >= 11 is 0. The van der Waals surface area contributed by atoms with Crippen LogP contribution in [0.3, 0.4) is 0 Å². The number of aliphatic imine (C=N–C) groups is 1. The third-order valence-electron chi connectivity index (χ3n) is 3.15. The summed E-state index contributed by atoms with van der Waals surface area (Å²) in [7, 11) is 1.87. The van der Waals surface area contributed by atoms with Crippen LogP contribution in [0.2, 0.25) is 0 Å². The summed E-state index contributed by atoms with van der Waals surface area (Å²) < 4.78 is 3.69. The predicted octanol–water partition coefficient (Wildman–Crippen LogP) is 1.08. The molecule has 0 amide bonds. The van der Waals surface area contributed by atoms with Gasteiger partial charge >= 0.3 is 0 Å². The number of guanidine groups is 1. The van der Waals surface area contributed by atoms with Gasteiger partial charge in [0, 0.05) is 32.9 Å². The van der Waals surface area contributed by atoms with Gasteiger partial charge in [0.1, 0.15) is 18.7 Å². The summed E-state index contributed by atoms with van der Waals surface area (Å²) in [6.07, 6.45) is 6.44. The van der Waals surface area contributed by atoms with Crippen LogP contribution in [-0.4, -0.2) is 43.6 Å². The predicted molar refractivity (Wildman–Crippen MR) is 101 cm³/mol. The molecular formula is C14H25IN8. The highest BCUT2D eigenvalue weighted by Crippen LogP contribution is 1.96. The van der Waals surface area contributed by atoms with E-state index in [1.807, 2.05) is 38.0 Å². The molecule has 8 nitrogen and oxygen atoms in total. The summed E-state index contributed by atoms with van der Waals surface area (Å²) in [6, 6.07) is 0. The van der Waals surface area contributed by atoms with E-state index >= 15 is 0 Å². The van der Waals surface area contributed by atoms with Gasteiger partial charge in [-0.05, 0) is 25.8 Å². The van der Waals surface area contributed by atoms with Gasteiger partial charge in [-0.2, -0.15) is 10.2 Å². The van der Waals surface area contributed by atoms with Crippen molar-refractivity contribution in [3.8, 4) is 0 Å². The number of aryl methyl sites for hydroxylation is 3. The Kier molecular flexibility index (Phi) is 8.59. The number of hydrogen-bond acceptors (Lipinski definition) is 4. The minimum absolute atomic E-state index is 0. The molecule has 2 aromatic rings. The molecule has 2 rings (SSSR count). The monoisotopic (exact) mass is 432 g/mol. The normalized spacial score (nSPS) is 11.2. The van der Waals surface area contributed by atoms with Crippen molar-refractivity contribution in [2.24, 2.45) is 12.0 Å². The topological polar surface area (TPSA) is 85.0 Å². The number of aromatic nitrogens is 5. The molecular weight excluding hydrogens is 407 g/mol. The average Bonchev–Trinajstić information content (AvgIpc) is 3.09. The second-order valence-electron chi connectivity index (χ2n) is 5.06. The first kappa shape index (κ1) is 19.4. The molecule has 2 heterocycles. The lowest BCUT2D eigenvalue weighted by Gasteiger charge is -2.11. The zero-order valence-electron chi connectivity index (χ0n) is 13.9. The van der Waals surface area contributed by atoms with Crippen LogP contribution in [0.4, 0.5) is 0 Å². The number of nitrogens with zero attached hydrogens (tertiary/aromatic N) is 6. The van der Waals surface area contributed by atoms with E-state index in [2.05, 4.69) is 30.8 Å². The largest absolute Gasteiger partial charge is 0.357 e. The van der Waals surface area contributed by atoms with Gasteiger partial charge in [0.25, 0.3) is 0 Å². The molecule has 0 spiro atoms. The maximum absolute atomic E-state index is 4.51. The van der Waals surface area contributed by atoms with Gasteiger partial charge in [0.15, 0.2) is 5.96 Å². The summed E-state index contributed by atoms with van der Waals surface area (Å²) in [5.74, 6) is 1.63. The number of rotatable bonds is 7. The van der Waals surface area contributed by atoms with Crippen molar-refractivity contribution in [2.45, 2.75) is 33.4 Å². The Morgan fingerprint density at radius 1 is 1.30 bits per heavy atom. The van der Waals surface area contributed by atoms with Gasteiger partial charge in [0.05, 0.1) is 6.20 Å². The molecule has 2 aromatic heterocycles. The number of nitrogens with one attached hydrogen (secondary N) is 2. The molecule has 0 aliphatic heterocycles. The van der Waals surface area contributed by atoms with Gasteiger partial charge in [-0.3, -0.25) is 9.36 Å². The molecule has 0 radical (unpaired) electrons. The van der Waals surface area contributed by atoms with Crippen LogP contribution in [-0.2, 0) is 20.1 Å². The van der Waals surface area contributed by atoms with Crippen molar-refractivity contribution < 1.29 is 0 Å². The molecule has 2 N–H and O–H groups in total. The zero-order chi connectivity index (χ0) is 15.8. The molecule has 23 heavy (non-hydrogen) atoms. The van der Waals surface area contributed by atoms with Crippen molar-refractivity contribution >= 4 is 29.9 Å². The van der Waals surface area contributed by atoms with E-state index in [-0.39, 0.29) is 24.0 Å². The average molecular weight is 432 g/mol. The van der Waals surface area contributed by atoms with Crippen molar-refractivity contribution in [3.05, 3.63) is 30.1 Å². The first-order chi connectivity index (χ1) is 10.7. The lowest BCUT2D eigenvalue weighted by atomic mass is 10.4. The van der Waals surface area contributed by atoms with E-state index in [0.717, 1.165) is 37.8 Å². The molecule has 0 aliphatic carbocycles. The van der Waals surface area contributed by atoms with Crippen molar-refractivity contribution in [1.82, 2.24) is 35.2 Å². The number of hydrogen-bond donors (Lipinski definition) is 2. The lowest BCUT2D eigenvalue weighted by molar-refractivity contribution is 0.570. The summed E-state index contributed by atoms with van der Waals surface area (Å²) in [5.41, 5.74) is 1.19. The van der Waals surface area contributed by atoms with Crippen LogP contribution in [0, 0.1) is 6.92 Å². The minimum atomic E-state index is 0. The van der Waals surface area contributed by atoms with E-state index in [9.17, 15) is 0 Å². The Bertz CT molecular complexity index is 603. The first-order valence-corrected chi connectivity index (χ1v) is 7.53. The highest BCUT2D eigenvalue weighted by molar-refractivity contribution is 14.0. The standard InChI is InChI=1S/C14H24N8.HI/c1-4-15-14(17-9-13-18-11-20-21(13)3)16-6-5-7-22-10-12(2)8-19-22;/h8,10-11H,4-7,9H2,1-3H3,(H2,15,16,17);1H. The van der Waals surface area contributed by atoms with E-state index in [1.165, 1.54) is 11.9 Å². The molecule has 0 atom stereocenters. The fraction of sp³-hybridized carbons (Fsp3) is 0.571. The smallest absolute Gasteiger partial charge is 0.191 e. The van der Waals surface area contributed by atoms with Crippen LogP contribution >= 0.6 is 24.0 Å². The highest BCUT2D eigenvalue weighted by atomic mass is 127. The Hall–Kier alpha value is -1.65. The molecule has 0 saturated carbocycles. The molecule has 0 aliphatic rings. The molecule has 9 heteroatoms. The third-order valence-corrected chi connectivity index (χ3v) is 3.15. The maximum Gasteiger partial charge on any atom is 0.191 e. The summed E-state index contributed by atoms with van der Waals surface area (Å²) in [5, 5.41) is 14.9. The minimum Gasteiger partial charge on any atom is -0.357 e. The Morgan fingerprint density at radius 2 is 2.13 bits per heavy atom. The second-order valence-corrected chi connectivity index (χ2v) is 5.06. The molecule has 0 unspecified atom stereocenters. The second kappa shape index (κ2) is 10.2. The first-order valence-electron chi connectivity index (χ1n) is 7.53. The third kappa shape index (κ3) is 6.55. The summed E-state index contributed by atoms with van der Waals surface area (Å²) in [6.45, 7) is 7.15. The highest BCUT2D eigenvalue weighted by Gasteiger charge is 2.01. The van der Waals surface area contributed by atoms with E-state index in [0.29, 0.717) is 6.54 Å². The van der Waals surface area contributed by atoms with Gasteiger partial charge in [-0.25, -0.2) is 9.98 Å². The zero-order valence-corrected chi connectivity index (χ0v) is 16.2. The van der Waals surface area contributed by atoms with Gasteiger partial charge < -0.3 is 10.6 Å². The Morgan fingerprint density at radius 3 is 2.74 bits per heavy atom. The van der Waals surface area contributed by atoms with E-state index in [4.69, 9.17) is 0 Å². The van der Waals surface area contributed by atoms with Gasteiger partial charge in [0.2, 0.25) is 0 Å². The number of halogens is 1. The maximum atomic E-state index is 4.51. The van der Waals surface area contributed by atoms with Crippen molar-refractivity contribution in [2.75, 3.05) is 13.1 Å². The van der Waals surface area contributed by atoms with Crippen molar-refractivity contribution in [1.29, 1.82) is 0 Å². The Labute approximate surface area is 153 Å². The van der Waals surface area contributed by atoms with Crippen LogP contribution in [0.5, 0.6) is 0 Å². The van der Waals surface area contributed by atoms with Crippen LogP contribution < -0.4 is 10.6 Å². The van der Waals surface area contributed by atoms with E-state index < -0.39 is 0 Å². The molecule has 0 fully saturated rings. The Balaban J connectivity index is 0.00000264. The fourth-order valence-electron chi connectivity index (χ4n) is 1.99. The van der Waals surface area contributed by atoms with Crippen LogP contribution in [0.15, 0.2) is 23.7 Å². The van der Waals surface area contributed by atoms with E-state index in [1.54, 1.807) is 4.68 Å². The quantitative estimate of drug-likeness (QED) is 0.296. The molecule has 128 valence electrons. The SMILES string of the molecule is CCNC(=NCc1ncnn1C)NCCCn1cc(C)cn1.I. The summed E-state index contributed by atoms with van der Waals surface area (Å²) in [4.78, 5) is 8.68. The van der Waals surface area contributed by atoms with Gasteiger partial charge in [-0.1, -0.05) is 0 Å². The van der Waals surface area contributed by atoms with Gasteiger partial charge in [-0.15, -0.1) is 24.0 Å². The van der Waals surface area contributed by atoms with Crippen LogP contribution in [0.25, 0.3) is 0 Å². The fourth-order valence-corrected chi connectivity index (χ4v) is 1.99. The van der Waals surface area contributed by atoms with Crippen LogP contribution in [0.1, 0.15) is 24.7 Å². The lowest BCUT2D eigenvalue weighted by Crippen LogP contribution is -2.38. The van der Waals surface area contributed by atoms with Crippen molar-refractivity contribution in [3.63, 3.8) is 0 Å². The molecule has 0 saturated heterocycles. The molecule has 0 bridgehead atoms.